The Morgan fingerprint density at radius 1 is 1.33 bits per heavy atom. The summed E-state index contributed by atoms with van der Waals surface area (Å²) in [5, 5.41) is 2.87. The highest BCUT2D eigenvalue weighted by molar-refractivity contribution is 6.00. The summed E-state index contributed by atoms with van der Waals surface area (Å²) in [7, 11) is 3.40. The van der Waals surface area contributed by atoms with Gasteiger partial charge in [0.05, 0.1) is 5.54 Å². The summed E-state index contributed by atoms with van der Waals surface area (Å²) >= 11 is 0. The van der Waals surface area contributed by atoms with Crippen LogP contribution in [0.5, 0.6) is 0 Å². The molecule has 21 heavy (non-hydrogen) atoms. The van der Waals surface area contributed by atoms with Crippen molar-refractivity contribution >= 4 is 17.5 Å². The molecule has 0 spiro atoms. The molecular formula is C16H23N3O2. The monoisotopic (exact) mass is 289 g/mol. The fourth-order valence-electron chi connectivity index (χ4n) is 2.27. The van der Waals surface area contributed by atoms with Crippen molar-refractivity contribution in [2.75, 3.05) is 19.4 Å². The van der Waals surface area contributed by atoms with Crippen LogP contribution in [0.3, 0.4) is 0 Å². The molecule has 1 saturated carbocycles. The van der Waals surface area contributed by atoms with Gasteiger partial charge < -0.3 is 16.0 Å². The largest absolute Gasteiger partial charge is 0.345 e. The summed E-state index contributed by atoms with van der Waals surface area (Å²) < 4.78 is 0. The first-order valence-electron chi connectivity index (χ1n) is 7.16. The van der Waals surface area contributed by atoms with E-state index in [1.165, 1.54) is 4.90 Å². The van der Waals surface area contributed by atoms with Gasteiger partial charge in [-0.3, -0.25) is 9.59 Å². The van der Waals surface area contributed by atoms with Crippen LogP contribution in [0.4, 0.5) is 5.69 Å². The van der Waals surface area contributed by atoms with Crippen molar-refractivity contribution in [2.45, 2.75) is 32.2 Å². The quantitative estimate of drug-likeness (QED) is 0.887. The molecule has 5 heteroatoms. The van der Waals surface area contributed by atoms with Gasteiger partial charge in [-0.1, -0.05) is 6.07 Å². The van der Waals surface area contributed by atoms with Crippen LogP contribution in [0.2, 0.25) is 0 Å². The van der Waals surface area contributed by atoms with Gasteiger partial charge in [-0.15, -0.1) is 0 Å². The third kappa shape index (κ3) is 3.24. The van der Waals surface area contributed by atoms with Crippen LogP contribution in [-0.2, 0) is 4.79 Å². The second-order valence-electron chi connectivity index (χ2n) is 6.24. The van der Waals surface area contributed by atoms with E-state index in [1.54, 1.807) is 33.2 Å². The zero-order valence-corrected chi connectivity index (χ0v) is 13.1. The molecule has 1 unspecified atom stereocenters. The Hall–Kier alpha value is -1.88. The maximum Gasteiger partial charge on any atom is 0.253 e. The molecule has 0 radical (unpaired) electrons. The molecule has 2 amide bonds. The van der Waals surface area contributed by atoms with Gasteiger partial charge >= 0.3 is 0 Å². The van der Waals surface area contributed by atoms with Gasteiger partial charge in [0.2, 0.25) is 5.91 Å². The number of aryl methyl sites for hydroxylation is 1. The fraction of sp³-hybridized carbons (Fsp3) is 0.500. The number of carbonyl (C=O) groups is 2. The van der Waals surface area contributed by atoms with E-state index in [0.717, 1.165) is 18.4 Å². The first kappa shape index (κ1) is 15.5. The van der Waals surface area contributed by atoms with Crippen molar-refractivity contribution < 1.29 is 9.59 Å². The maximum atomic E-state index is 12.4. The predicted molar refractivity (Wildman–Crippen MR) is 83.1 cm³/mol. The second-order valence-corrected chi connectivity index (χ2v) is 6.24. The third-order valence-electron chi connectivity index (χ3n) is 4.05. The number of benzene rings is 1. The van der Waals surface area contributed by atoms with E-state index in [9.17, 15) is 9.59 Å². The zero-order chi connectivity index (χ0) is 15.8. The lowest BCUT2D eigenvalue weighted by Crippen LogP contribution is -2.50. The number of rotatable bonds is 4. The van der Waals surface area contributed by atoms with E-state index in [0.29, 0.717) is 11.3 Å². The van der Waals surface area contributed by atoms with E-state index < -0.39 is 5.54 Å². The topological polar surface area (TPSA) is 75.4 Å². The number of nitrogens with zero attached hydrogens (tertiary/aromatic N) is 1. The smallest absolute Gasteiger partial charge is 0.253 e. The van der Waals surface area contributed by atoms with Gasteiger partial charge in [-0.2, -0.15) is 0 Å². The van der Waals surface area contributed by atoms with Crippen LogP contribution in [0.15, 0.2) is 18.2 Å². The lowest BCUT2D eigenvalue weighted by atomic mass is 9.96. The number of carbonyl (C=O) groups excluding carboxylic acids is 2. The third-order valence-corrected chi connectivity index (χ3v) is 4.05. The Kier molecular flexibility index (Phi) is 4.05. The van der Waals surface area contributed by atoms with Crippen molar-refractivity contribution in [3.63, 3.8) is 0 Å². The van der Waals surface area contributed by atoms with Crippen molar-refractivity contribution in [1.29, 1.82) is 0 Å². The molecule has 0 aromatic heterocycles. The maximum absolute atomic E-state index is 12.4. The molecule has 5 nitrogen and oxygen atoms in total. The SMILES string of the molecule is Cc1ccc(C(=O)N(C)C)cc1NC(=O)C(C)(N)C1CC1. The first-order chi connectivity index (χ1) is 9.73. The lowest BCUT2D eigenvalue weighted by molar-refractivity contribution is -0.121. The van der Waals surface area contributed by atoms with E-state index in [4.69, 9.17) is 5.73 Å². The highest BCUT2D eigenvalue weighted by Crippen LogP contribution is 2.38. The van der Waals surface area contributed by atoms with Crippen LogP contribution < -0.4 is 11.1 Å². The normalized spacial score (nSPS) is 17.0. The van der Waals surface area contributed by atoms with E-state index in [1.807, 2.05) is 13.0 Å². The highest BCUT2D eigenvalue weighted by Gasteiger charge is 2.44. The number of nitrogens with one attached hydrogen (secondary N) is 1. The highest BCUT2D eigenvalue weighted by atomic mass is 16.2. The molecule has 0 heterocycles. The van der Waals surface area contributed by atoms with E-state index in [2.05, 4.69) is 5.32 Å². The standard InChI is InChI=1S/C16H23N3O2/c1-10-5-6-11(14(20)19(3)4)9-13(10)18-15(21)16(2,17)12-7-8-12/h5-6,9,12H,7-8,17H2,1-4H3,(H,18,21). The van der Waals surface area contributed by atoms with Gasteiger partial charge in [-0.25, -0.2) is 0 Å². The second kappa shape index (κ2) is 5.48. The molecule has 1 aromatic rings. The van der Waals surface area contributed by atoms with Crippen LogP contribution in [0.1, 0.15) is 35.7 Å². The van der Waals surface area contributed by atoms with E-state index in [-0.39, 0.29) is 17.7 Å². The number of hydrogen-bond donors (Lipinski definition) is 2. The van der Waals surface area contributed by atoms with Crippen LogP contribution in [-0.4, -0.2) is 36.3 Å². The molecule has 1 fully saturated rings. The van der Waals surface area contributed by atoms with Crippen molar-refractivity contribution in [2.24, 2.45) is 11.7 Å². The van der Waals surface area contributed by atoms with Gasteiger partial charge in [0.25, 0.3) is 5.91 Å². The van der Waals surface area contributed by atoms with Gasteiger partial charge in [0.1, 0.15) is 0 Å². The molecule has 1 atom stereocenters. The van der Waals surface area contributed by atoms with Crippen molar-refractivity contribution in [3.8, 4) is 0 Å². The summed E-state index contributed by atoms with van der Waals surface area (Å²) in [5.41, 5.74) is 7.37. The average molecular weight is 289 g/mol. The molecule has 1 aliphatic rings. The Balaban J connectivity index is 2.21. The first-order valence-corrected chi connectivity index (χ1v) is 7.16. The Bertz CT molecular complexity index is 575. The minimum absolute atomic E-state index is 0.0943. The number of hydrogen-bond acceptors (Lipinski definition) is 3. The Morgan fingerprint density at radius 3 is 2.48 bits per heavy atom. The number of anilines is 1. The molecule has 1 aromatic carbocycles. The van der Waals surface area contributed by atoms with E-state index >= 15 is 0 Å². The molecule has 3 N–H and O–H groups in total. The molecule has 0 bridgehead atoms. The zero-order valence-electron chi connectivity index (χ0n) is 13.1. The molecule has 2 rings (SSSR count). The summed E-state index contributed by atoms with van der Waals surface area (Å²) in [6, 6.07) is 5.30. The van der Waals surface area contributed by atoms with Gasteiger partial charge in [0.15, 0.2) is 0 Å². The minimum Gasteiger partial charge on any atom is -0.345 e. The lowest BCUT2D eigenvalue weighted by Gasteiger charge is -2.24. The van der Waals surface area contributed by atoms with Crippen LogP contribution in [0.25, 0.3) is 0 Å². The summed E-state index contributed by atoms with van der Waals surface area (Å²) in [4.78, 5) is 25.9. The Labute approximate surface area is 125 Å². The van der Waals surface area contributed by atoms with Crippen LogP contribution in [0, 0.1) is 12.8 Å². The molecular weight excluding hydrogens is 266 g/mol. The van der Waals surface area contributed by atoms with Crippen molar-refractivity contribution in [3.05, 3.63) is 29.3 Å². The molecule has 0 aliphatic heterocycles. The summed E-state index contributed by atoms with van der Waals surface area (Å²) in [6.07, 6.45) is 2.00. The summed E-state index contributed by atoms with van der Waals surface area (Å²) in [5.74, 6) is -0.0323. The summed E-state index contributed by atoms with van der Waals surface area (Å²) in [6.45, 7) is 3.66. The number of nitrogens with two attached hydrogens (primary N) is 1. The van der Waals surface area contributed by atoms with Crippen molar-refractivity contribution in [1.82, 2.24) is 4.90 Å². The minimum atomic E-state index is -0.853. The predicted octanol–water partition coefficient (Wildman–Crippen LogP) is 1.76. The van der Waals surface area contributed by atoms with Crippen LogP contribution >= 0.6 is 0 Å². The number of amides is 2. The molecule has 1 aliphatic carbocycles. The van der Waals surface area contributed by atoms with Gasteiger partial charge in [0, 0.05) is 25.3 Å². The fourth-order valence-corrected chi connectivity index (χ4v) is 2.27. The molecule has 114 valence electrons. The Morgan fingerprint density at radius 2 is 1.95 bits per heavy atom. The average Bonchev–Trinajstić information content (AvgIpc) is 3.24. The molecule has 0 saturated heterocycles. The van der Waals surface area contributed by atoms with Gasteiger partial charge in [-0.05, 0) is 50.3 Å².